The molecule has 0 radical (unpaired) electrons. The molecular weight excluding hydrogens is 254 g/mol. The minimum Gasteiger partial charge on any atom is -0.310 e. The summed E-state index contributed by atoms with van der Waals surface area (Å²) < 4.78 is 0. The first kappa shape index (κ1) is 16.5. The highest BCUT2D eigenvalue weighted by atomic mass is 14.9. The van der Waals surface area contributed by atoms with Crippen LogP contribution in [0.5, 0.6) is 0 Å². The smallest absolute Gasteiger partial charge is 0.0291 e. The summed E-state index contributed by atoms with van der Waals surface area (Å²) in [5, 5.41) is 3.73. The van der Waals surface area contributed by atoms with Crippen LogP contribution in [0, 0.1) is 16.7 Å². The number of unbranched alkanes of at least 4 members (excludes halogenated alkanes) is 1. The van der Waals surface area contributed by atoms with E-state index in [4.69, 9.17) is 0 Å². The zero-order chi connectivity index (χ0) is 15.7. The van der Waals surface area contributed by atoms with E-state index in [0.29, 0.717) is 16.9 Å². The molecule has 1 heteroatoms. The van der Waals surface area contributed by atoms with Crippen LogP contribution in [0.1, 0.15) is 71.6 Å². The molecule has 1 aliphatic carbocycles. The van der Waals surface area contributed by atoms with Gasteiger partial charge in [-0.3, -0.25) is 0 Å². The quantitative estimate of drug-likeness (QED) is 0.711. The van der Waals surface area contributed by atoms with Crippen molar-refractivity contribution in [3.63, 3.8) is 0 Å². The number of nitrogens with one attached hydrogen (secondary N) is 1. The highest BCUT2D eigenvalue weighted by molar-refractivity contribution is 5.25. The molecule has 21 heavy (non-hydrogen) atoms. The Morgan fingerprint density at radius 2 is 1.62 bits per heavy atom. The minimum atomic E-state index is 0.442. The van der Waals surface area contributed by atoms with Gasteiger partial charge in [-0.1, -0.05) is 65.3 Å². The van der Waals surface area contributed by atoms with Crippen LogP contribution in [0.3, 0.4) is 0 Å². The van der Waals surface area contributed by atoms with Crippen molar-refractivity contribution in [3.8, 4) is 0 Å². The second kappa shape index (κ2) is 6.12. The first-order valence-electron chi connectivity index (χ1n) is 8.63. The minimum absolute atomic E-state index is 0.442. The lowest BCUT2D eigenvalue weighted by Gasteiger charge is -2.15. The van der Waals surface area contributed by atoms with Crippen molar-refractivity contribution in [2.24, 2.45) is 16.7 Å². The van der Waals surface area contributed by atoms with Gasteiger partial charge < -0.3 is 5.32 Å². The van der Waals surface area contributed by atoms with Crippen LogP contribution in [-0.4, -0.2) is 6.54 Å². The fourth-order valence-corrected chi connectivity index (χ4v) is 3.61. The van der Waals surface area contributed by atoms with Crippen molar-refractivity contribution in [1.82, 2.24) is 5.32 Å². The van der Waals surface area contributed by atoms with E-state index in [1.54, 1.807) is 0 Å². The Hall–Kier alpha value is -0.820. The van der Waals surface area contributed by atoms with Crippen molar-refractivity contribution in [2.75, 3.05) is 6.54 Å². The third-order valence-electron chi connectivity index (χ3n) is 6.25. The largest absolute Gasteiger partial charge is 0.310 e. The molecule has 1 atom stereocenters. The Morgan fingerprint density at radius 1 is 1.05 bits per heavy atom. The molecule has 1 saturated carbocycles. The predicted molar refractivity (Wildman–Crippen MR) is 92.5 cm³/mol. The summed E-state index contributed by atoms with van der Waals surface area (Å²) in [4.78, 5) is 0. The monoisotopic (exact) mass is 287 g/mol. The molecule has 0 amide bonds. The summed E-state index contributed by atoms with van der Waals surface area (Å²) in [7, 11) is 0. The molecule has 0 saturated heterocycles. The maximum absolute atomic E-state index is 3.73. The predicted octanol–water partition coefficient (Wildman–Crippen LogP) is 5.36. The van der Waals surface area contributed by atoms with Crippen LogP contribution in [-0.2, 0) is 6.42 Å². The topological polar surface area (TPSA) is 12.0 Å². The molecule has 0 heterocycles. The fourth-order valence-electron chi connectivity index (χ4n) is 3.61. The van der Waals surface area contributed by atoms with Gasteiger partial charge in [0.1, 0.15) is 0 Å². The van der Waals surface area contributed by atoms with Gasteiger partial charge in [0, 0.05) is 6.04 Å². The third kappa shape index (κ3) is 3.34. The molecule has 0 spiro atoms. The van der Waals surface area contributed by atoms with Gasteiger partial charge >= 0.3 is 0 Å². The molecule has 118 valence electrons. The Kier molecular flexibility index (Phi) is 4.82. The second-order valence-corrected chi connectivity index (χ2v) is 7.97. The number of benzene rings is 1. The van der Waals surface area contributed by atoms with Gasteiger partial charge in [-0.05, 0) is 54.2 Å². The summed E-state index contributed by atoms with van der Waals surface area (Å²) in [6.07, 6.45) is 3.77. The molecular formula is C20H33N. The van der Waals surface area contributed by atoms with Gasteiger partial charge in [-0.2, -0.15) is 0 Å². The molecule has 1 nitrogen and oxygen atoms in total. The molecule has 1 aliphatic rings. The SMILES string of the molecule is CCCCc1ccc(C(C)NCC2C(C)(C)C2(C)C)cc1. The first-order valence-corrected chi connectivity index (χ1v) is 8.63. The molecule has 1 fully saturated rings. The Balaban J connectivity index is 1.85. The molecule has 1 N–H and O–H groups in total. The van der Waals surface area contributed by atoms with E-state index in [0.717, 1.165) is 12.5 Å². The number of rotatable bonds is 7. The lowest BCUT2D eigenvalue weighted by Crippen LogP contribution is -2.23. The third-order valence-corrected chi connectivity index (χ3v) is 6.25. The molecule has 1 aromatic carbocycles. The van der Waals surface area contributed by atoms with E-state index in [9.17, 15) is 0 Å². The van der Waals surface area contributed by atoms with Gasteiger partial charge in [0.25, 0.3) is 0 Å². The number of hydrogen-bond donors (Lipinski definition) is 1. The molecule has 0 aromatic heterocycles. The zero-order valence-corrected chi connectivity index (χ0v) is 14.8. The van der Waals surface area contributed by atoms with E-state index in [2.05, 4.69) is 71.1 Å². The molecule has 0 aliphatic heterocycles. The van der Waals surface area contributed by atoms with Gasteiger partial charge in [-0.25, -0.2) is 0 Å². The van der Waals surface area contributed by atoms with E-state index >= 15 is 0 Å². The molecule has 1 unspecified atom stereocenters. The highest BCUT2D eigenvalue weighted by Gasteiger charge is 2.63. The van der Waals surface area contributed by atoms with Crippen LogP contribution in [0.15, 0.2) is 24.3 Å². The lowest BCUT2D eigenvalue weighted by molar-refractivity contribution is 0.457. The summed E-state index contributed by atoms with van der Waals surface area (Å²) in [5.74, 6) is 0.788. The van der Waals surface area contributed by atoms with E-state index in [1.165, 1.54) is 30.4 Å². The maximum Gasteiger partial charge on any atom is 0.0291 e. The van der Waals surface area contributed by atoms with E-state index in [-0.39, 0.29) is 0 Å². The zero-order valence-electron chi connectivity index (χ0n) is 14.8. The second-order valence-electron chi connectivity index (χ2n) is 7.97. The van der Waals surface area contributed by atoms with Crippen molar-refractivity contribution in [3.05, 3.63) is 35.4 Å². The van der Waals surface area contributed by atoms with Gasteiger partial charge in [0.05, 0.1) is 0 Å². The van der Waals surface area contributed by atoms with E-state index in [1.807, 2.05) is 0 Å². The average molecular weight is 287 g/mol. The summed E-state index contributed by atoms with van der Waals surface area (Å²) in [6, 6.07) is 9.64. The number of aryl methyl sites for hydroxylation is 1. The first-order chi connectivity index (χ1) is 9.80. The average Bonchev–Trinajstić information content (AvgIpc) is 2.84. The lowest BCUT2D eigenvalue weighted by atomic mass is 10.0. The van der Waals surface area contributed by atoms with Crippen molar-refractivity contribution in [1.29, 1.82) is 0 Å². The van der Waals surface area contributed by atoms with Crippen molar-refractivity contribution in [2.45, 2.75) is 66.8 Å². The number of hydrogen-bond acceptors (Lipinski definition) is 1. The van der Waals surface area contributed by atoms with Gasteiger partial charge in [0.15, 0.2) is 0 Å². The van der Waals surface area contributed by atoms with Crippen LogP contribution >= 0.6 is 0 Å². The Labute approximate surface area is 131 Å². The molecule has 1 aromatic rings. The Morgan fingerprint density at radius 3 is 2.10 bits per heavy atom. The standard InChI is InChI=1S/C20H33N/c1-7-8-9-16-10-12-17(13-11-16)15(2)21-14-18-19(3,4)20(18,5)6/h10-13,15,18,21H,7-9,14H2,1-6H3. The molecule has 0 bridgehead atoms. The summed E-state index contributed by atoms with van der Waals surface area (Å²) >= 11 is 0. The van der Waals surface area contributed by atoms with Gasteiger partial charge in [0.2, 0.25) is 0 Å². The van der Waals surface area contributed by atoms with Crippen LogP contribution in [0.25, 0.3) is 0 Å². The van der Waals surface area contributed by atoms with E-state index < -0.39 is 0 Å². The molecule has 2 rings (SSSR count). The normalized spacial score (nSPS) is 21.2. The van der Waals surface area contributed by atoms with Crippen molar-refractivity contribution < 1.29 is 0 Å². The van der Waals surface area contributed by atoms with Gasteiger partial charge in [-0.15, -0.1) is 0 Å². The van der Waals surface area contributed by atoms with Crippen LogP contribution in [0.2, 0.25) is 0 Å². The highest BCUT2D eigenvalue weighted by Crippen LogP contribution is 2.68. The fraction of sp³-hybridized carbons (Fsp3) is 0.700. The summed E-state index contributed by atoms with van der Waals surface area (Å²) in [6.45, 7) is 15.2. The van der Waals surface area contributed by atoms with Crippen molar-refractivity contribution >= 4 is 0 Å². The van der Waals surface area contributed by atoms with Crippen LogP contribution in [0.4, 0.5) is 0 Å². The summed E-state index contributed by atoms with van der Waals surface area (Å²) in [5.41, 5.74) is 3.83. The van der Waals surface area contributed by atoms with Crippen LogP contribution < -0.4 is 5.32 Å². The Bertz CT molecular complexity index is 441. The maximum atomic E-state index is 3.73.